The second kappa shape index (κ2) is 9.50. The van der Waals surface area contributed by atoms with Gasteiger partial charge in [-0.15, -0.1) is 0 Å². The zero-order valence-electron chi connectivity index (χ0n) is 22.0. The largest absolute Gasteiger partial charge is 0.292 e. The molecule has 0 saturated carbocycles. The highest BCUT2D eigenvalue weighted by molar-refractivity contribution is 5.92. The molecule has 0 saturated heterocycles. The quantitative estimate of drug-likeness (QED) is 0.231. The fourth-order valence-electron chi connectivity index (χ4n) is 5.49. The maximum Gasteiger partial charge on any atom is 0.138 e. The van der Waals surface area contributed by atoms with Crippen molar-refractivity contribution in [1.82, 2.24) is 24.3 Å². The number of nitrogens with zero attached hydrogens (tertiary/aromatic N) is 5. The number of benzene rings is 3. The summed E-state index contributed by atoms with van der Waals surface area (Å²) in [6, 6.07) is 43.8. The molecule has 0 unspecified atom stereocenters. The third-order valence-corrected chi connectivity index (χ3v) is 7.50. The van der Waals surface area contributed by atoms with Crippen LogP contribution in [0.1, 0.15) is 0 Å². The van der Waals surface area contributed by atoms with E-state index in [0.29, 0.717) is 0 Å². The van der Waals surface area contributed by atoms with Gasteiger partial charge in [0.25, 0.3) is 0 Å². The number of imidazole rings is 1. The SMILES string of the molecule is c1ccc(-c2cc(-c3ccc(-c4ccc5c(ccc6nc7ccccc7n65)c4)cc3)cc(-c3ccccn3)n2)nc1. The molecular weight excluding hydrogens is 502 g/mol. The molecule has 0 aliphatic rings. The third kappa shape index (κ3) is 4.12. The summed E-state index contributed by atoms with van der Waals surface area (Å²) >= 11 is 0. The van der Waals surface area contributed by atoms with Crippen LogP contribution in [0.25, 0.3) is 72.6 Å². The second-order valence-electron chi connectivity index (χ2n) is 10.0. The molecule has 5 heterocycles. The average molecular weight is 526 g/mol. The fourth-order valence-corrected chi connectivity index (χ4v) is 5.49. The average Bonchev–Trinajstić information content (AvgIpc) is 3.44. The van der Waals surface area contributed by atoms with E-state index in [0.717, 1.165) is 61.7 Å². The van der Waals surface area contributed by atoms with Crippen LogP contribution < -0.4 is 0 Å². The molecule has 0 N–H and O–H groups in total. The Morgan fingerprint density at radius 1 is 0.415 bits per heavy atom. The highest BCUT2D eigenvalue weighted by Gasteiger charge is 2.12. The summed E-state index contributed by atoms with van der Waals surface area (Å²) in [4.78, 5) is 18.8. The Hall–Kier alpha value is -5.68. The van der Waals surface area contributed by atoms with Crippen LogP contribution in [0.4, 0.5) is 0 Å². The third-order valence-electron chi connectivity index (χ3n) is 7.50. The van der Waals surface area contributed by atoms with E-state index in [-0.39, 0.29) is 0 Å². The number of aromatic nitrogens is 5. The second-order valence-corrected chi connectivity index (χ2v) is 10.0. The topological polar surface area (TPSA) is 56.0 Å². The molecule has 3 aromatic carbocycles. The summed E-state index contributed by atoms with van der Waals surface area (Å²) < 4.78 is 2.24. The first kappa shape index (κ1) is 23.2. The first-order valence-corrected chi connectivity index (χ1v) is 13.6. The summed E-state index contributed by atoms with van der Waals surface area (Å²) in [7, 11) is 0. The molecule has 0 fully saturated rings. The van der Waals surface area contributed by atoms with E-state index in [2.05, 4.69) is 99.3 Å². The molecular formula is C36H23N5. The van der Waals surface area contributed by atoms with Crippen molar-refractivity contribution in [3.05, 3.63) is 140 Å². The Labute approximate surface area is 236 Å². The van der Waals surface area contributed by atoms with Gasteiger partial charge in [-0.1, -0.05) is 54.6 Å². The van der Waals surface area contributed by atoms with E-state index in [1.807, 2.05) is 42.5 Å². The van der Waals surface area contributed by atoms with Crippen molar-refractivity contribution in [2.75, 3.05) is 0 Å². The molecule has 192 valence electrons. The Bertz CT molecular complexity index is 2130. The van der Waals surface area contributed by atoms with Gasteiger partial charge in [0, 0.05) is 12.4 Å². The minimum absolute atomic E-state index is 0.820. The highest BCUT2D eigenvalue weighted by atomic mass is 15.0. The molecule has 41 heavy (non-hydrogen) atoms. The van der Waals surface area contributed by atoms with Crippen LogP contribution in [0.5, 0.6) is 0 Å². The van der Waals surface area contributed by atoms with Crippen molar-refractivity contribution >= 4 is 27.6 Å². The molecule has 0 aliphatic carbocycles. The van der Waals surface area contributed by atoms with Crippen molar-refractivity contribution in [3.8, 4) is 45.0 Å². The van der Waals surface area contributed by atoms with Crippen molar-refractivity contribution in [2.24, 2.45) is 0 Å². The minimum atomic E-state index is 0.820. The normalized spacial score (nSPS) is 11.4. The van der Waals surface area contributed by atoms with Crippen LogP contribution in [0.2, 0.25) is 0 Å². The lowest BCUT2D eigenvalue weighted by atomic mass is 9.98. The van der Waals surface area contributed by atoms with Gasteiger partial charge < -0.3 is 0 Å². The Morgan fingerprint density at radius 2 is 1.05 bits per heavy atom. The zero-order valence-corrected chi connectivity index (χ0v) is 22.0. The molecule has 0 spiro atoms. The standard InChI is InChI=1S/C36H23N5/c1-2-10-35-31(9-1)40-36-18-16-27-21-26(15-17-34(27)41(35)36)24-11-13-25(14-12-24)28-22-32(29-7-3-5-19-37-29)39-33(23-28)30-8-4-6-20-38-30/h1-23H. The first-order valence-electron chi connectivity index (χ1n) is 13.6. The number of fused-ring (bicyclic) bond motifs is 5. The van der Waals surface area contributed by atoms with Gasteiger partial charge in [-0.3, -0.25) is 14.4 Å². The van der Waals surface area contributed by atoms with Gasteiger partial charge in [-0.2, -0.15) is 0 Å². The lowest BCUT2D eigenvalue weighted by molar-refractivity contribution is 1.22. The molecule has 5 nitrogen and oxygen atoms in total. The number of pyridine rings is 4. The van der Waals surface area contributed by atoms with Crippen molar-refractivity contribution in [3.63, 3.8) is 0 Å². The number of rotatable bonds is 4. The maximum absolute atomic E-state index is 4.90. The predicted molar refractivity (Wildman–Crippen MR) is 165 cm³/mol. The van der Waals surface area contributed by atoms with Crippen LogP contribution in [-0.2, 0) is 0 Å². The predicted octanol–water partition coefficient (Wildman–Crippen LogP) is 8.49. The maximum atomic E-state index is 4.90. The van der Waals surface area contributed by atoms with E-state index in [4.69, 9.17) is 9.97 Å². The summed E-state index contributed by atoms with van der Waals surface area (Å²) in [6.07, 6.45) is 3.59. The smallest absolute Gasteiger partial charge is 0.138 e. The summed E-state index contributed by atoms with van der Waals surface area (Å²) in [5.41, 5.74) is 12.1. The lowest BCUT2D eigenvalue weighted by Crippen LogP contribution is -1.94. The highest BCUT2D eigenvalue weighted by Crippen LogP contribution is 2.32. The van der Waals surface area contributed by atoms with Crippen molar-refractivity contribution < 1.29 is 0 Å². The number of hydrogen-bond donors (Lipinski definition) is 0. The van der Waals surface area contributed by atoms with Crippen LogP contribution >= 0.6 is 0 Å². The molecule has 8 aromatic rings. The Balaban J connectivity index is 1.19. The summed E-state index contributed by atoms with van der Waals surface area (Å²) in [5, 5.41) is 1.18. The van der Waals surface area contributed by atoms with E-state index in [1.54, 1.807) is 12.4 Å². The molecule has 5 aromatic heterocycles. The first-order chi connectivity index (χ1) is 20.3. The van der Waals surface area contributed by atoms with Gasteiger partial charge >= 0.3 is 0 Å². The number of hydrogen-bond acceptors (Lipinski definition) is 4. The van der Waals surface area contributed by atoms with E-state index in [1.165, 1.54) is 10.9 Å². The van der Waals surface area contributed by atoms with Gasteiger partial charge in [-0.25, -0.2) is 9.97 Å². The van der Waals surface area contributed by atoms with E-state index < -0.39 is 0 Å². The fraction of sp³-hybridized carbons (Fsp3) is 0. The van der Waals surface area contributed by atoms with Crippen molar-refractivity contribution in [1.29, 1.82) is 0 Å². The van der Waals surface area contributed by atoms with Crippen LogP contribution in [0.3, 0.4) is 0 Å². The van der Waals surface area contributed by atoms with Crippen LogP contribution in [0, 0.1) is 0 Å². The van der Waals surface area contributed by atoms with Gasteiger partial charge in [0.05, 0.1) is 39.3 Å². The van der Waals surface area contributed by atoms with E-state index >= 15 is 0 Å². The minimum Gasteiger partial charge on any atom is -0.292 e. The van der Waals surface area contributed by atoms with Crippen LogP contribution in [0.15, 0.2) is 140 Å². The van der Waals surface area contributed by atoms with Crippen molar-refractivity contribution in [2.45, 2.75) is 0 Å². The lowest BCUT2D eigenvalue weighted by Gasteiger charge is -2.11. The van der Waals surface area contributed by atoms with Gasteiger partial charge in [0.2, 0.25) is 0 Å². The molecule has 0 atom stereocenters. The van der Waals surface area contributed by atoms with Gasteiger partial charge in [-0.05, 0) is 100 Å². The molecule has 8 rings (SSSR count). The molecule has 0 aliphatic heterocycles. The van der Waals surface area contributed by atoms with Crippen LogP contribution in [-0.4, -0.2) is 24.3 Å². The molecule has 0 amide bonds. The Morgan fingerprint density at radius 3 is 1.73 bits per heavy atom. The Kier molecular flexibility index (Phi) is 5.38. The number of para-hydroxylation sites is 2. The summed E-state index contributed by atoms with van der Waals surface area (Å²) in [6.45, 7) is 0. The molecule has 0 bridgehead atoms. The van der Waals surface area contributed by atoms with E-state index in [9.17, 15) is 0 Å². The monoisotopic (exact) mass is 525 g/mol. The van der Waals surface area contributed by atoms with Gasteiger partial charge in [0.15, 0.2) is 0 Å². The van der Waals surface area contributed by atoms with Gasteiger partial charge in [0.1, 0.15) is 5.65 Å². The summed E-state index contributed by atoms with van der Waals surface area (Å²) in [5.74, 6) is 0. The molecule has 0 radical (unpaired) electrons. The molecule has 5 heteroatoms. The zero-order chi connectivity index (χ0) is 27.2.